The Balaban J connectivity index is 2.12. The molecule has 104 valence electrons. The molecule has 0 saturated carbocycles. The van der Waals surface area contributed by atoms with Gasteiger partial charge in [-0.3, -0.25) is 4.79 Å². The Bertz CT molecular complexity index is 656. The molecule has 2 N–H and O–H groups in total. The molecule has 0 spiro atoms. The Morgan fingerprint density at radius 3 is 2.70 bits per heavy atom. The number of hydrogen-bond acceptors (Lipinski definition) is 4. The van der Waals surface area contributed by atoms with Gasteiger partial charge < -0.3 is 10.4 Å². The maximum atomic E-state index is 12.0. The van der Waals surface area contributed by atoms with Crippen molar-refractivity contribution in [1.82, 2.24) is 15.0 Å². The van der Waals surface area contributed by atoms with E-state index in [2.05, 4.69) is 15.6 Å². The summed E-state index contributed by atoms with van der Waals surface area (Å²) in [6.07, 6.45) is 1.19. The average molecular weight is 295 g/mol. The minimum Gasteiger partial charge on any atom is -0.476 e. The number of carboxylic acids is 1. The fourth-order valence-corrected chi connectivity index (χ4v) is 1.67. The second kappa shape index (κ2) is 5.70. The van der Waals surface area contributed by atoms with Gasteiger partial charge in [-0.15, -0.1) is 5.10 Å². The molecule has 20 heavy (non-hydrogen) atoms. The van der Waals surface area contributed by atoms with E-state index in [0.29, 0.717) is 10.7 Å². The lowest BCUT2D eigenvalue weighted by Crippen LogP contribution is -2.24. The monoisotopic (exact) mass is 294 g/mol. The van der Waals surface area contributed by atoms with Crippen LogP contribution >= 0.6 is 11.6 Å². The van der Waals surface area contributed by atoms with Crippen LogP contribution in [0.15, 0.2) is 30.5 Å². The number of rotatable bonds is 4. The van der Waals surface area contributed by atoms with E-state index in [-0.39, 0.29) is 11.6 Å². The zero-order valence-corrected chi connectivity index (χ0v) is 11.2. The maximum absolute atomic E-state index is 12.0. The highest BCUT2D eigenvalue weighted by Crippen LogP contribution is 2.21. The van der Waals surface area contributed by atoms with Crippen molar-refractivity contribution in [3.05, 3.63) is 41.2 Å². The van der Waals surface area contributed by atoms with E-state index in [1.165, 1.54) is 10.9 Å². The van der Waals surface area contributed by atoms with Gasteiger partial charge >= 0.3 is 5.97 Å². The maximum Gasteiger partial charge on any atom is 0.358 e. The van der Waals surface area contributed by atoms with Gasteiger partial charge in [-0.1, -0.05) is 28.9 Å². The molecule has 1 unspecified atom stereocenters. The number of nitrogens with one attached hydrogen (secondary N) is 1. The van der Waals surface area contributed by atoms with Crippen molar-refractivity contribution in [2.75, 3.05) is 5.32 Å². The summed E-state index contributed by atoms with van der Waals surface area (Å²) in [7, 11) is 0. The van der Waals surface area contributed by atoms with Gasteiger partial charge in [0, 0.05) is 0 Å². The highest BCUT2D eigenvalue weighted by Gasteiger charge is 2.19. The van der Waals surface area contributed by atoms with E-state index in [9.17, 15) is 9.59 Å². The van der Waals surface area contributed by atoms with E-state index in [1.807, 2.05) is 0 Å². The van der Waals surface area contributed by atoms with Crippen LogP contribution in [0.25, 0.3) is 0 Å². The van der Waals surface area contributed by atoms with Crippen molar-refractivity contribution in [1.29, 1.82) is 0 Å². The summed E-state index contributed by atoms with van der Waals surface area (Å²) in [5.41, 5.74) is 0.256. The third kappa shape index (κ3) is 2.94. The average Bonchev–Trinajstić information content (AvgIpc) is 2.90. The van der Waals surface area contributed by atoms with Gasteiger partial charge in [-0.25, -0.2) is 9.48 Å². The van der Waals surface area contributed by atoms with Crippen LogP contribution in [0, 0.1) is 0 Å². The highest BCUT2D eigenvalue weighted by atomic mass is 35.5. The molecule has 1 atom stereocenters. The molecule has 8 heteroatoms. The molecule has 7 nitrogen and oxygen atoms in total. The van der Waals surface area contributed by atoms with Crippen LogP contribution in [0.2, 0.25) is 5.02 Å². The van der Waals surface area contributed by atoms with Crippen LogP contribution < -0.4 is 5.32 Å². The lowest BCUT2D eigenvalue weighted by Gasteiger charge is -2.12. The zero-order valence-electron chi connectivity index (χ0n) is 10.4. The SMILES string of the molecule is CC(C(=O)Nc1ccccc1Cl)n1cc(C(=O)O)nn1. The number of anilines is 1. The molecule has 0 bridgehead atoms. The molecule has 1 aromatic heterocycles. The quantitative estimate of drug-likeness (QED) is 0.896. The van der Waals surface area contributed by atoms with Gasteiger partial charge in [0.1, 0.15) is 6.04 Å². The topological polar surface area (TPSA) is 97.1 Å². The van der Waals surface area contributed by atoms with E-state index in [4.69, 9.17) is 16.7 Å². The Hall–Kier alpha value is -2.41. The number of benzene rings is 1. The molecule has 0 aliphatic carbocycles. The molecule has 0 radical (unpaired) electrons. The first-order valence-electron chi connectivity index (χ1n) is 5.69. The molecular formula is C12H11ClN4O3. The van der Waals surface area contributed by atoms with E-state index < -0.39 is 12.0 Å². The molecule has 2 rings (SSSR count). The molecular weight excluding hydrogens is 284 g/mol. The smallest absolute Gasteiger partial charge is 0.358 e. The molecule has 1 aromatic carbocycles. The second-order valence-corrected chi connectivity index (χ2v) is 4.44. The number of carbonyl (C=O) groups is 2. The summed E-state index contributed by atoms with van der Waals surface area (Å²) < 4.78 is 1.18. The number of aromatic nitrogens is 3. The number of nitrogens with zero attached hydrogens (tertiary/aromatic N) is 3. The van der Waals surface area contributed by atoms with E-state index >= 15 is 0 Å². The number of amides is 1. The number of halogens is 1. The van der Waals surface area contributed by atoms with Crippen molar-refractivity contribution in [2.45, 2.75) is 13.0 Å². The fourth-order valence-electron chi connectivity index (χ4n) is 1.48. The van der Waals surface area contributed by atoms with Crippen LogP contribution in [-0.4, -0.2) is 32.0 Å². The van der Waals surface area contributed by atoms with E-state index in [0.717, 1.165) is 0 Å². The molecule has 1 amide bonds. The van der Waals surface area contributed by atoms with Crippen molar-refractivity contribution >= 4 is 29.2 Å². The number of carboxylic acid groups (broad SMARTS) is 1. The minimum atomic E-state index is -1.20. The first kappa shape index (κ1) is 14.0. The summed E-state index contributed by atoms with van der Waals surface area (Å²) in [6, 6.07) is 6.09. The molecule has 1 heterocycles. The van der Waals surface area contributed by atoms with Gasteiger partial charge in [0.2, 0.25) is 5.91 Å². The number of hydrogen-bond donors (Lipinski definition) is 2. The van der Waals surface area contributed by atoms with Crippen molar-refractivity contribution in [3.8, 4) is 0 Å². The standard InChI is InChI=1S/C12H11ClN4O3/c1-7(17-6-10(12(19)20)15-16-17)11(18)14-9-5-3-2-4-8(9)13/h2-7H,1H3,(H,14,18)(H,19,20). The van der Waals surface area contributed by atoms with E-state index in [1.54, 1.807) is 31.2 Å². The summed E-state index contributed by atoms with van der Waals surface area (Å²) in [5, 5.41) is 18.9. The summed E-state index contributed by atoms with van der Waals surface area (Å²) in [5.74, 6) is -1.57. The normalized spacial score (nSPS) is 11.9. The largest absolute Gasteiger partial charge is 0.476 e. The van der Waals surface area contributed by atoms with Gasteiger partial charge in [0.25, 0.3) is 0 Å². The summed E-state index contributed by atoms with van der Waals surface area (Å²) in [4.78, 5) is 22.7. The van der Waals surface area contributed by atoms with Gasteiger partial charge in [0.15, 0.2) is 5.69 Å². The number of para-hydroxylation sites is 1. The van der Waals surface area contributed by atoms with Gasteiger partial charge in [-0.2, -0.15) is 0 Å². The lowest BCUT2D eigenvalue weighted by atomic mass is 10.2. The summed E-state index contributed by atoms with van der Waals surface area (Å²) in [6.45, 7) is 1.58. The predicted octanol–water partition coefficient (Wildman–Crippen LogP) is 1.83. The number of aromatic carboxylic acids is 1. The molecule has 0 aliphatic heterocycles. The lowest BCUT2D eigenvalue weighted by molar-refractivity contribution is -0.119. The summed E-state index contributed by atoms with van der Waals surface area (Å²) >= 11 is 5.94. The van der Waals surface area contributed by atoms with Crippen LogP contribution in [0.4, 0.5) is 5.69 Å². The van der Waals surface area contributed by atoms with Crippen LogP contribution in [0.1, 0.15) is 23.5 Å². The third-order valence-corrected chi connectivity index (χ3v) is 2.97. The van der Waals surface area contributed by atoms with Crippen molar-refractivity contribution in [2.24, 2.45) is 0 Å². The van der Waals surface area contributed by atoms with Gasteiger partial charge in [0.05, 0.1) is 16.9 Å². The molecule has 0 fully saturated rings. The highest BCUT2D eigenvalue weighted by molar-refractivity contribution is 6.33. The predicted molar refractivity (Wildman–Crippen MR) is 71.8 cm³/mol. The van der Waals surface area contributed by atoms with Crippen LogP contribution in [0.5, 0.6) is 0 Å². The Labute approximate surface area is 119 Å². The van der Waals surface area contributed by atoms with Gasteiger partial charge in [-0.05, 0) is 19.1 Å². The fraction of sp³-hybridized carbons (Fsp3) is 0.167. The zero-order chi connectivity index (χ0) is 14.7. The minimum absolute atomic E-state index is 0.220. The van der Waals surface area contributed by atoms with Crippen molar-refractivity contribution < 1.29 is 14.7 Å². The number of carbonyl (C=O) groups excluding carboxylic acids is 1. The molecule has 2 aromatic rings. The first-order chi connectivity index (χ1) is 9.49. The Morgan fingerprint density at radius 1 is 1.40 bits per heavy atom. The second-order valence-electron chi connectivity index (χ2n) is 4.03. The van der Waals surface area contributed by atoms with Crippen LogP contribution in [0.3, 0.4) is 0 Å². The Kier molecular flexibility index (Phi) is 3.99. The molecule has 0 aliphatic rings. The third-order valence-electron chi connectivity index (χ3n) is 2.64. The van der Waals surface area contributed by atoms with Crippen molar-refractivity contribution in [3.63, 3.8) is 0 Å². The Morgan fingerprint density at radius 2 is 2.10 bits per heavy atom. The van der Waals surface area contributed by atoms with Crippen LogP contribution in [-0.2, 0) is 4.79 Å². The first-order valence-corrected chi connectivity index (χ1v) is 6.07. The molecule has 0 saturated heterocycles.